The fourth-order valence-corrected chi connectivity index (χ4v) is 10.6. The summed E-state index contributed by atoms with van der Waals surface area (Å²) in [5.41, 5.74) is 18.8. The highest BCUT2D eigenvalue weighted by molar-refractivity contribution is 6.02. The minimum atomic E-state index is 0. The van der Waals surface area contributed by atoms with Crippen LogP contribution in [0, 0.1) is 17.8 Å². The summed E-state index contributed by atoms with van der Waals surface area (Å²) >= 11 is 0. The first-order chi connectivity index (χ1) is 39.0. The largest absolute Gasteiger partial charge is 0.388 e. The van der Waals surface area contributed by atoms with Gasteiger partial charge in [0.2, 0.25) is 0 Å². The van der Waals surface area contributed by atoms with Crippen LogP contribution in [0.25, 0.3) is 0 Å². The average Bonchev–Trinajstić information content (AvgIpc) is 3.61. The number of hydrogen-bond donors (Lipinski definition) is 3. The van der Waals surface area contributed by atoms with Gasteiger partial charge in [-0.2, -0.15) is 0 Å². The van der Waals surface area contributed by atoms with E-state index in [0.717, 1.165) is 17.1 Å². The van der Waals surface area contributed by atoms with Crippen molar-refractivity contribution in [3.63, 3.8) is 0 Å². The van der Waals surface area contributed by atoms with Gasteiger partial charge in [0.1, 0.15) is 42.3 Å². The summed E-state index contributed by atoms with van der Waals surface area (Å²) in [6.07, 6.45) is 27.3. The van der Waals surface area contributed by atoms with Crippen LogP contribution in [0.1, 0.15) is 66.0 Å². The van der Waals surface area contributed by atoms with Crippen molar-refractivity contribution in [2.24, 2.45) is 17.8 Å². The van der Waals surface area contributed by atoms with E-state index in [1.807, 2.05) is 21.1 Å². The molecule has 6 aromatic carbocycles. The van der Waals surface area contributed by atoms with Gasteiger partial charge in [0.05, 0.1) is 0 Å². The van der Waals surface area contributed by atoms with Crippen LogP contribution in [0.15, 0.2) is 219 Å². The third-order valence-electron chi connectivity index (χ3n) is 15.6. The van der Waals surface area contributed by atoms with Gasteiger partial charge in [-0.1, -0.05) is 124 Å². The highest BCUT2D eigenvalue weighted by Gasteiger charge is 2.27. The number of allylic oxidation sites excluding steroid dienone is 12. The molecule has 0 aromatic heterocycles. The molecule has 0 heterocycles. The first kappa shape index (κ1) is 65.4. The van der Waals surface area contributed by atoms with E-state index in [1.54, 1.807) is 0 Å². The van der Waals surface area contributed by atoms with Crippen LogP contribution in [0.3, 0.4) is 0 Å². The summed E-state index contributed by atoms with van der Waals surface area (Å²) in [5, 5.41) is 9.62. The van der Waals surface area contributed by atoms with E-state index < -0.39 is 0 Å². The zero-order valence-electron chi connectivity index (χ0n) is 50.9. The van der Waals surface area contributed by atoms with Crippen molar-refractivity contribution in [2.45, 2.75) is 32.6 Å². The van der Waals surface area contributed by atoms with E-state index in [4.69, 9.17) is 0 Å². The molecule has 3 N–H and O–H groups in total. The Morgan fingerprint density at radius 2 is 0.458 bits per heavy atom. The monoisotopic (exact) mass is 1110 g/mol. The highest BCUT2D eigenvalue weighted by atomic mass is 15.1. The second-order valence-corrected chi connectivity index (χ2v) is 22.4. The Hall–Kier alpha value is -8.43. The van der Waals surface area contributed by atoms with Crippen molar-refractivity contribution in [3.8, 4) is 0 Å². The number of nitrogens with one attached hydrogen (secondary N) is 3. The zero-order chi connectivity index (χ0) is 58.2. The minimum Gasteiger partial charge on any atom is -0.388 e. The molecule has 0 saturated carbocycles. The van der Waals surface area contributed by atoms with Crippen molar-refractivity contribution in [2.75, 3.05) is 136 Å². The molecule has 436 valence electrons. The maximum Gasteiger partial charge on any atom is 0.198 e. The fraction of sp³-hybridized carbons (Fsp3) is 0.311. The van der Waals surface area contributed by atoms with Crippen LogP contribution in [0.5, 0.6) is 0 Å². The van der Waals surface area contributed by atoms with Gasteiger partial charge in [0, 0.05) is 170 Å². The quantitative estimate of drug-likeness (QED) is 0.0891. The molecule has 0 radical (unpaired) electrons. The van der Waals surface area contributed by atoms with Crippen molar-refractivity contribution >= 4 is 51.3 Å². The summed E-state index contributed by atoms with van der Waals surface area (Å²) in [4.78, 5) is 6.41. The van der Waals surface area contributed by atoms with Crippen molar-refractivity contribution in [1.82, 2.24) is 0 Å². The van der Waals surface area contributed by atoms with Gasteiger partial charge >= 0.3 is 0 Å². The summed E-state index contributed by atoms with van der Waals surface area (Å²) in [7, 11) is 30.8. The van der Waals surface area contributed by atoms with Gasteiger partial charge in [0.15, 0.2) is 17.1 Å². The standard InChI is InChI=1S/3C24H30N3.2CH4/c3*1-25-21-12-6-18(7-13-21)24(19-8-14-22(15-9-19)26(2)3)20-10-16-23(17-11-20)27(4)5;;/h3*6-17,19,24-25H,1-5H3;2*1H4/q3*+1;;. The number of hydrogen-bond acceptors (Lipinski definition) is 6. The lowest BCUT2D eigenvalue weighted by Gasteiger charge is -2.26. The normalized spacial score (nSPS) is 16.5. The zero-order valence-corrected chi connectivity index (χ0v) is 50.9. The second-order valence-electron chi connectivity index (χ2n) is 22.4. The Bertz CT molecular complexity index is 2860. The molecular weight excluding hydrogens is 1010 g/mol. The first-order valence-corrected chi connectivity index (χ1v) is 28.4. The maximum atomic E-state index is 3.21. The first-order valence-electron chi connectivity index (χ1n) is 28.4. The van der Waals surface area contributed by atoms with Crippen LogP contribution in [-0.4, -0.2) is 137 Å². The highest BCUT2D eigenvalue weighted by Crippen LogP contribution is 2.39. The Kier molecular flexibility index (Phi) is 24.5. The van der Waals surface area contributed by atoms with Crippen LogP contribution in [0.2, 0.25) is 0 Å². The lowest BCUT2D eigenvalue weighted by Crippen LogP contribution is -2.17. The Balaban J connectivity index is 0.000000225. The number of nitrogens with zero attached hydrogens (tertiary/aromatic N) is 6. The van der Waals surface area contributed by atoms with E-state index in [1.165, 1.54) is 67.6 Å². The third-order valence-corrected chi connectivity index (χ3v) is 15.6. The summed E-state index contributed by atoms with van der Waals surface area (Å²) in [5.74, 6) is 1.88. The molecule has 0 amide bonds. The summed E-state index contributed by atoms with van der Waals surface area (Å²) in [6.45, 7) is 0. The lowest BCUT2D eigenvalue weighted by atomic mass is 9.78. The van der Waals surface area contributed by atoms with Gasteiger partial charge < -0.3 is 30.7 Å². The van der Waals surface area contributed by atoms with Crippen molar-refractivity contribution in [3.05, 3.63) is 252 Å². The van der Waals surface area contributed by atoms with E-state index in [2.05, 4.69) is 347 Å². The van der Waals surface area contributed by atoms with Gasteiger partial charge in [-0.15, -0.1) is 0 Å². The molecule has 0 saturated heterocycles. The summed E-state index contributed by atoms with van der Waals surface area (Å²) in [6, 6.07) is 53.2. The molecule has 9 rings (SSSR count). The molecule has 0 aliphatic heterocycles. The van der Waals surface area contributed by atoms with E-state index in [9.17, 15) is 0 Å². The van der Waals surface area contributed by atoms with E-state index >= 15 is 0 Å². The van der Waals surface area contributed by atoms with Gasteiger partial charge in [-0.25, -0.2) is 13.7 Å². The molecule has 0 bridgehead atoms. The molecule has 9 nitrogen and oxygen atoms in total. The predicted octanol–water partition coefficient (Wildman–Crippen LogP) is 14.4. The predicted molar refractivity (Wildman–Crippen MR) is 366 cm³/mol. The van der Waals surface area contributed by atoms with Crippen LogP contribution >= 0.6 is 0 Å². The molecule has 3 atom stereocenters. The SMILES string of the molecule is C.C.CNc1ccc(C(c2ccc(N(C)C)cc2)C2C=CC(=[N+](C)C)C=C2)cc1.CNc1ccc(C(c2ccc(N(C)C)cc2)C2C=CC(=[N+](C)C)C=C2)cc1.CNc1ccc(C(c2ccc(N(C)C)cc2)C2C=CC(=[N+](C)C)C=C2)cc1. The van der Waals surface area contributed by atoms with E-state index in [-0.39, 0.29) is 14.9 Å². The topological polar surface area (TPSA) is 54.8 Å². The number of benzene rings is 6. The van der Waals surface area contributed by atoms with Gasteiger partial charge in [-0.3, -0.25) is 0 Å². The average molecular weight is 1110 g/mol. The van der Waals surface area contributed by atoms with Crippen LogP contribution < -0.4 is 30.7 Å². The molecule has 6 aromatic rings. The molecule has 9 heteroatoms. The minimum absolute atomic E-state index is 0. The van der Waals surface area contributed by atoms with Gasteiger partial charge in [0.25, 0.3) is 0 Å². The van der Waals surface area contributed by atoms with Crippen molar-refractivity contribution in [1.29, 1.82) is 0 Å². The molecular formula is C74H98N9+3. The van der Waals surface area contributed by atoms with E-state index in [0.29, 0.717) is 35.5 Å². The lowest BCUT2D eigenvalue weighted by molar-refractivity contribution is -0.462. The number of anilines is 6. The van der Waals surface area contributed by atoms with Crippen LogP contribution in [-0.2, 0) is 0 Å². The Labute approximate surface area is 501 Å². The fourth-order valence-electron chi connectivity index (χ4n) is 10.6. The van der Waals surface area contributed by atoms with Gasteiger partial charge in [-0.05, 0) is 106 Å². The van der Waals surface area contributed by atoms with Crippen LogP contribution in [0.4, 0.5) is 34.1 Å². The Morgan fingerprint density at radius 1 is 0.289 bits per heavy atom. The van der Waals surface area contributed by atoms with Crippen molar-refractivity contribution < 1.29 is 13.7 Å². The number of rotatable bonds is 15. The molecule has 0 spiro atoms. The second kappa shape index (κ2) is 31.1. The molecule has 3 unspecified atom stereocenters. The Morgan fingerprint density at radius 3 is 0.602 bits per heavy atom. The molecule has 3 aliphatic rings. The maximum absolute atomic E-state index is 3.21. The smallest absolute Gasteiger partial charge is 0.198 e. The molecule has 0 fully saturated rings. The third kappa shape index (κ3) is 17.3. The molecule has 3 aliphatic carbocycles. The molecule has 83 heavy (non-hydrogen) atoms. The summed E-state index contributed by atoms with van der Waals surface area (Å²) < 4.78 is 6.43.